The summed E-state index contributed by atoms with van der Waals surface area (Å²) in [6, 6.07) is 8.05. The molecular formula is C13H18N2OS. The van der Waals surface area contributed by atoms with Gasteiger partial charge in [0.15, 0.2) is 0 Å². The third-order valence-corrected chi connectivity index (χ3v) is 3.44. The van der Waals surface area contributed by atoms with Crippen molar-refractivity contribution in [2.45, 2.75) is 18.9 Å². The highest BCUT2D eigenvalue weighted by molar-refractivity contribution is 7.80. The lowest BCUT2D eigenvalue weighted by atomic mass is 10.1. The Balaban J connectivity index is 2.24. The molecule has 1 unspecified atom stereocenters. The van der Waals surface area contributed by atoms with Gasteiger partial charge in [0, 0.05) is 31.5 Å². The molecule has 1 fully saturated rings. The summed E-state index contributed by atoms with van der Waals surface area (Å²) in [5, 5.41) is 0. The third kappa shape index (κ3) is 2.76. The fraction of sp³-hybridized carbons (Fsp3) is 0.462. The van der Waals surface area contributed by atoms with Crippen LogP contribution in [0.1, 0.15) is 18.4 Å². The summed E-state index contributed by atoms with van der Waals surface area (Å²) in [5.41, 5.74) is 7.85. The fourth-order valence-corrected chi connectivity index (χ4v) is 2.48. The second-order valence-corrected chi connectivity index (χ2v) is 4.77. The number of nitrogens with two attached hydrogens (primary N) is 1. The molecule has 0 radical (unpaired) electrons. The van der Waals surface area contributed by atoms with Crippen LogP contribution < -0.4 is 10.6 Å². The normalized spacial score (nSPS) is 20.3. The Morgan fingerprint density at radius 2 is 2.24 bits per heavy atom. The molecular weight excluding hydrogens is 232 g/mol. The lowest BCUT2D eigenvalue weighted by Crippen LogP contribution is -2.40. The summed E-state index contributed by atoms with van der Waals surface area (Å²) in [5.74, 6) is 0. The molecule has 1 aromatic carbocycles. The molecule has 92 valence electrons. The van der Waals surface area contributed by atoms with Crippen molar-refractivity contribution in [1.29, 1.82) is 0 Å². The summed E-state index contributed by atoms with van der Waals surface area (Å²) in [7, 11) is 1.77. The van der Waals surface area contributed by atoms with Crippen LogP contribution in [0.15, 0.2) is 24.3 Å². The maximum atomic E-state index is 5.76. The fourth-order valence-electron chi connectivity index (χ4n) is 2.31. The molecule has 0 aliphatic carbocycles. The molecule has 1 saturated heterocycles. The molecule has 2 N–H and O–H groups in total. The maximum Gasteiger partial charge on any atom is 0.106 e. The molecule has 4 heteroatoms. The van der Waals surface area contributed by atoms with Crippen LogP contribution in [0.4, 0.5) is 5.69 Å². The van der Waals surface area contributed by atoms with Crippen LogP contribution in [0.25, 0.3) is 0 Å². The van der Waals surface area contributed by atoms with E-state index >= 15 is 0 Å². The van der Waals surface area contributed by atoms with Crippen LogP contribution in [0, 0.1) is 0 Å². The number of piperidine rings is 1. The Labute approximate surface area is 108 Å². The van der Waals surface area contributed by atoms with Crippen molar-refractivity contribution in [3.8, 4) is 0 Å². The van der Waals surface area contributed by atoms with Gasteiger partial charge in [0.05, 0.1) is 6.10 Å². The minimum Gasteiger partial charge on any atom is -0.389 e. The Bertz CT molecular complexity index is 408. The first-order valence-electron chi connectivity index (χ1n) is 5.89. The minimum atomic E-state index is 0.308. The highest BCUT2D eigenvalue weighted by Crippen LogP contribution is 2.24. The quantitative estimate of drug-likeness (QED) is 0.832. The predicted molar refractivity (Wildman–Crippen MR) is 74.6 cm³/mol. The predicted octanol–water partition coefficient (Wildman–Crippen LogP) is 1.94. The number of para-hydroxylation sites is 1. The Hall–Kier alpha value is -1.13. The number of nitrogens with zero attached hydrogens (tertiary/aromatic N) is 1. The van der Waals surface area contributed by atoms with Crippen molar-refractivity contribution in [2.24, 2.45) is 5.73 Å². The van der Waals surface area contributed by atoms with Gasteiger partial charge in [0.1, 0.15) is 4.99 Å². The first-order valence-corrected chi connectivity index (χ1v) is 6.29. The Morgan fingerprint density at radius 1 is 1.47 bits per heavy atom. The second-order valence-electron chi connectivity index (χ2n) is 4.33. The Kier molecular flexibility index (Phi) is 3.97. The largest absolute Gasteiger partial charge is 0.389 e. The number of anilines is 1. The molecule has 1 aliphatic rings. The van der Waals surface area contributed by atoms with E-state index in [1.165, 1.54) is 0 Å². The lowest BCUT2D eigenvalue weighted by Gasteiger charge is -2.34. The van der Waals surface area contributed by atoms with Gasteiger partial charge in [0.25, 0.3) is 0 Å². The number of ether oxygens (including phenoxy) is 1. The average molecular weight is 250 g/mol. The average Bonchev–Trinajstić information content (AvgIpc) is 2.39. The molecule has 17 heavy (non-hydrogen) atoms. The van der Waals surface area contributed by atoms with E-state index < -0.39 is 0 Å². The first kappa shape index (κ1) is 12.3. The molecule has 1 aromatic rings. The molecule has 0 bridgehead atoms. The van der Waals surface area contributed by atoms with Crippen molar-refractivity contribution in [3.05, 3.63) is 29.8 Å². The molecule has 2 rings (SSSR count). The molecule has 0 saturated carbocycles. The van der Waals surface area contributed by atoms with Gasteiger partial charge in [-0.3, -0.25) is 0 Å². The number of hydrogen-bond acceptors (Lipinski definition) is 3. The van der Waals surface area contributed by atoms with E-state index in [2.05, 4.69) is 11.0 Å². The summed E-state index contributed by atoms with van der Waals surface area (Å²) in [4.78, 5) is 2.77. The van der Waals surface area contributed by atoms with Gasteiger partial charge >= 0.3 is 0 Å². The second kappa shape index (κ2) is 5.47. The number of benzene rings is 1. The molecule has 0 aromatic heterocycles. The van der Waals surface area contributed by atoms with Crippen molar-refractivity contribution in [2.75, 3.05) is 25.1 Å². The molecule has 0 spiro atoms. The van der Waals surface area contributed by atoms with E-state index in [0.29, 0.717) is 11.1 Å². The van der Waals surface area contributed by atoms with E-state index in [9.17, 15) is 0 Å². The zero-order valence-corrected chi connectivity index (χ0v) is 10.9. The smallest absolute Gasteiger partial charge is 0.106 e. The molecule has 0 amide bonds. The van der Waals surface area contributed by atoms with Crippen LogP contribution in [-0.2, 0) is 4.74 Å². The Morgan fingerprint density at radius 3 is 2.94 bits per heavy atom. The van der Waals surface area contributed by atoms with Gasteiger partial charge in [-0.2, -0.15) is 0 Å². The van der Waals surface area contributed by atoms with E-state index in [1.54, 1.807) is 7.11 Å². The number of methoxy groups -OCH3 is 1. The topological polar surface area (TPSA) is 38.5 Å². The van der Waals surface area contributed by atoms with E-state index in [-0.39, 0.29) is 0 Å². The number of hydrogen-bond donors (Lipinski definition) is 1. The van der Waals surface area contributed by atoms with Crippen molar-refractivity contribution in [3.63, 3.8) is 0 Å². The summed E-state index contributed by atoms with van der Waals surface area (Å²) in [6.45, 7) is 1.95. The van der Waals surface area contributed by atoms with Gasteiger partial charge in [-0.15, -0.1) is 0 Å². The van der Waals surface area contributed by atoms with E-state index in [1.807, 2.05) is 18.2 Å². The summed E-state index contributed by atoms with van der Waals surface area (Å²) in [6.07, 6.45) is 2.58. The van der Waals surface area contributed by atoms with Crippen LogP contribution in [0.3, 0.4) is 0 Å². The molecule has 1 heterocycles. The van der Waals surface area contributed by atoms with Crippen molar-refractivity contribution < 1.29 is 4.74 Å². The third-order valence-electron chi connectivity index (χ3n) is 3.22. The van der Waals surface area contributed by atoms with Crippen molar-refractivity contribution in [1.82, 2.24) is 0 Å². The van der Waals surface area contributed by atoms with Crippen LogP contribution in [-0.4, -0.2) is 31.3 Å². The zero-order chi connectivity index (χ0) is 12.3. The molecule has 1 aliphatic heterocycles. The van der Waals surface area contributed by atoms with Crippen molar-refractivity contribution >= 4 is 22.9 Å². The highest BCUT2D eigenvalue weighted by atomic mass is 32.1. The lowest BCUT2D eigenvalue weighted by molar-refractivity contribution is 0.0893. The van der Waals surface area contributed by atoms with Gasteiger partial charge < -0.3 is 15.4 Å². The van der Waals surface area contributed by atoms with Crippen LogP contribution in [0.2, 0.25) is 0 Å². The number of thiocarbonyl (C=S) groups is 1. The summed E-state index contributed by atoms with van der Waals surface area (Å²) < 4.78 is 5.44. The van der Waals surface area contributed by atoms with E-state index in [4.69, 9.17) is 22.7 Å². The van der Waals surface area contributed by atoms with Crippen LogP contribution in [0.5, 0.6) is 0 Å². The highest BCUT2D eigenvalue weighted by Gasteiger charge is 2.21. The molecule has 1 atom stereocenters. The van der Waals surface area contributed by atoms with E-state index in [0.717, 1.165) is 37.2 Å². The minimum absolute atomic E-state index is 0.308. The van der Waals surface area contributed by atoms with Gasteiger partial charge in [0.2, 0.25) is 0 Å². The van der Waals surface area contributed by atoms with Crippen LogP contribution >= 0.6 is 12.2 Å². The standard InChI is InChI=1S/C13H18N2OS/c1-16-10-5-4-8-15(9-10)12-7-3-2-6-11(12)13(14)17/h2-3,6-7,10H,4-5,8-9H2,1H3,(H2,14,17). The first-order chi connectivity index (χ1) is 8.22. The zero-order valence-electron chi connectivity index (χ0n) is 10.1. The SMILES string of the molecule is COC1CCCN(c2ccccc2C(N)=S)C1. The van der Waals surface area contributed by atoms with Gasteiger partial charge in [-0.25, -0.2) is 0 Å². The monoisotopic (exact) mass is 250 g/mol. The number of rotatable bonds is 3. The van der Waals surface area contributed by atoms with Gasteiger partial charge in [-0.1, -0.05) is 24.4 Å². The summed E-state index contributed by atoms with van der Waals surface area (Å²) >= 11 is 5.10. The maximum absolute atomic E-state index is 5.76. The molecule has 3 nitrogen and oxygen atoms in total. The van der Waals surface area contributed by atoms with Gasteiger partial charge in [-0.05, 0) is 25.0 Å².